The lowest BCUT2D eigenvalue weighted by Gasteiger charge is -2.30. The van der Waals surface area contributed by atoms with Gasteiger partial charge >= 0.3 is 5.97 Å². The summed E-state index contributed by atoms with van der Waals surface area (Å²) in [5.74, 6) is 0.133. The van der Waals surface area contributed by atoms with E-state index in [1.165, 1.54) is 23.4 Å². The van der Waals surface area contributed by atoms with Crippen molar-refractivity contribution < 1.29 is 18.7 Å². The second-order valence-corrected chi connectivity index (χ2v) is 12.3. The molecule has 0 spiro atoms. The number of nitriles is 1. The zero-order valence-electron chi connectivity index (χ0n) is 27.0. The van der Waals surface area contributed by atoms with E-state index in [2.05, 4.69) is 41.2 Å². The smallest absolute Gasteiger partial charge is 0.339 e. The van der Waals surface area contributed by atoms with Crippen molar-refractivity contribution in [3.63, 3.8) is 0 Å². The molecule has 1 unspecified atom stereocenters. The summed E-state index contributed by atoms with van der Waals surface area (Å²) in [4.78, 5) is 45.7. The average molecular weight is 646 g/mol. The van der Waals surface area contributed by atoms with E-state index >= 15 is 0 Å². The first-order valence-electron chi connectivity index (χ1n) is 16.0. The van der Waals surface area contributed by atoms with Crippen LogP contribution in [-0.4, -0.2) is 28.3 Å². The number of Topliss-reactive ketones (excluding diaryl/α,β-unsaturated/α-hetero) is 1. The molecule has 3 heterocycles. The topological polar surface area (TPSA) is 123 Å². The van der Waals surface area contributed by atoms with Crippen molar-refractivity contribution in [3.8, 4) is 17.2 Å². The van der Waals surface area contributed by atoms with Gasteiger partial charge in [-0.25, -0.2) is 4.79 Å². The highest BCUT2D eigenvalue weighted by molar-refractivity contribution is 6.09. The maximum atomic E-state index is 13.5. The Morgan fingerprint density at radius 3 is 2.67 bits per heavy atom. The van der Waals surface area contributed by atoms with Crippen molar-refractivity contribution in [2.75, 3.05) is 6.61 Å². The van der Waals surface area contributed by atoms with Gasteiger partial charge in [-0.05, 0) is 66.3 Å². The van der Waals surface area contributed by atoms with Gasteiger partial charge in [-0.2, -0.15) is 5.26 Å². The van der Waals surface area contributed by atoms with Crippen molar-refractivity contribution >= 4 is 33.6 Å². The quantitative estimate of drug-likeness (QED) is 0.108. The summed E-state index contributed by atoms with van der Waals surface area (Å²) in [6.07, 6.45) is 8.38. The van der Waals surface area contributed by atoms with E-state index in [9.17, 15) is 14.4 Å². The summed E-state index contributed by atoms with van der Waals surface area (Å²) in [5.41, 5.74) is 10.2. The van der Waals surface area contributed by atoms with Gasteiger partial charge in [0.1, 0.15) is 18.0 Å². The number of aromatic nitrogens is 2. The third kappa shape index (κ3) is 6.03. The number of aryl methyl sites for hydroxylation is 1. The normalized spacial score (nSPS) is 14.4. The van der Waals surface area contributed by atoms with Gasteiger partial charge in [-0.3, -0.25) is 19.6 Å². The van der Waals surface area contributed by atoms with Crippen molar-refractivity contribution in [1.82, 2.24) is 9.97 Å². The summed E-state index contributed by atoms with van der Waals surface area (Å²) in [6.45, 7) is 4.02. The van der Waals surface area contributed by atoms with E-state index in [0.29, 0.717) is 28.7 Å². The lowest BCUT2D eigenvalue weighted by Crippen LogP contribution is -2.21. The van der Waals surface area contributed by atoms with Crippen LogP contribution in [-0.2, 0) is 17.6 Å². The third-order valence-corrected chi connectivity index (χ3v) is 8.91. The predicted molar refractivity (Wildman–Crippen MR) is 186 cm³/mol. The molecule has 2 aliphatic carbocycles. The summed E-state index contributed by atoms with van der Waals surface area (Å²) in [5, 5.41) is 9.69. The number of ether oxygens (including phenoxy) is 1. The van der Waals surface area contributed by atoms with Gasteiger partial charge in [0.05, 0.1) is 29.0 Å². The average Bonchev–Trinajstić information content (AvgIpc) is 3.11. The Labute approximate surface area is 282 Å². The molecule has 8 rings (SSSR count). The first-order valence-corrected chi connectivity index (χ1v) is 16.0. The molecule has 2 aliphatic rings. The lowest BCUT2D eigenvalue weighted by molar-refractivity contribution is 0.0513. The summed E-state index contributed by atoms with van der Waals surface area (Å²) in [7, 11) is 0. The fraction of sp³-hybridized carbons (Fsp3) is 0.171. The first kappa shape index (κ1) is 31.4. The molecular formula is C41H31N3O5. The van der Waals surface area contributed by atoms with Crippen LogP contribution in [0.4, 0.5) is 0 Å². The molecule has 1 atom stereocenters. The first-order chi connectivity index (χ1) is 23.8. The minimum atomic E-state index is -0.474. The molecule has 240 valence electrons. The number of fused-ring (bicyclic) bond motifs is 7. The molecule has 0 aliphatic heterocycles. The molecule has 0 amide bonds. The Bertz CT molecular complexity index is 2440. The number of ketones is 1. The molecule has 3 aromatic heterocycles. The van der Waals surface area contributed by atoms with Crippen LogP contribution in [0.5, 0.6) is 0 Å². The summed E-state index contributed by atoms with van der Waals surface area (Å²) < 4.78 is 11.0. The number of hydrogen-bond donors (Lipinski definition) is 0. The molecule has 6 aromatic rings. The molecule has 0 bridgehead atoms. The van der Waals surface area contributed by atoms with Gasteiger partial charge in [0.15, 0.2) is 11.2 Å². The van der Waals surface area contributed by atoms with Gasteiger partial charge in [0, 0.05) is 53.5 Å². The second kappa shape index (κ2) is 13.1. The van der Waals surface area contributed by atoms with Gasteiger partial charge < -0.3 is 9.15 Å². The highest BCUT2D eigenvalue weighted by atomic mass is 16.5. The van der Waals surface area contributed by atoms with Crippen LogP contribution >= 0.6 is 0 Å². The number of carbonyl (C=O) groups is 2. The van der Waals surface area contributed by atoms with E-state index < -0.39 is 5.97 Å². The maximum absolute atomic E-state index is 13.5. The number of esters is 1. The van der Waals surface area contributed by atoms with Gasteiger partial charge in [0.2, 0.25) is 0 Å². The largest absolute Gasteiger partial charge is 0.461 e. The Kier molecular flexibility index (Phi) is 8.41. The van der Waals surface area contributed by atoms with E-state index in [0.717, 1.165) is 50.7 Å². The van der Waals surface area contributed by atoms with Crippen LogP contribution in [0.15, 0.2) is 112 Å². The fourth-order valence-corrected chi connectivity index (χ4v) is 6.78. The highest BCUT2D eigenvalue weighted by Crippen LogP contribution is 2.45. The van der Waals surface area contributed by atoms with Gasteiger partial charge in [-0.1, -0.05) is 60.2 Å². The predicted octanol–water partition coefficient (Wildman–Crippen LogP) is 7.84. The molecule has 8 heteroatoms. The van der Waals surface area contributed by atoms with Gasteiger partial charge in [-0.15, -0.1) is 0 Å². The SMILES string of the molecule is CC1=CC(c2cccc3c(=O)cc(C)oc23)c2c(ccc3c2C(=O)Cc2ccccc2-3)C1.N#CCCOC(=O)c1cnc2ccncc2c1. The number of allylic oxidation sites excluding steroid dienone is 2. The molecule has 3 aromatic carbocycles. The Hall–Kier alpha value is -6.20. The molecule has 0 N–H and O–H groups in total. The molecule has 0 radical (unpaired) electrons. The van der Waals surface area contributed by atoms with E-state index in [-0.39, 0.29) is 30.2 Å². The standard InChI is InChI=1S/C29H22O3.C12H9N3O2/c1-16-12-19-10-11-21-20-7-4-3-6-18(20)15-26(31)28(21)27(19)24(13-16)22-8-5-9-23-25(30)14-17(2)32-29(22)23;13-3-1-5-17-12(16)10-6-9-7-14-4-2-11(9)15-8-10/h3-11,13-14,24H,12,15H2,1-2H3;2,4,6-8H,1,5H2. The van der Waals surface area contributed by atoms with Crippen LogP contribution in [0.25, 0.3) is 33.0 Å². The number of rotatable bonds is 4. The minimum Gasteiger partial charge on any atom is -0.461 e. The summed E-state index contributed by atoms with van der Waals surface area (Å²) in [6, 6.07) is 25.0. The minimum absolute atomic E-state index is 0.0394. The zero-order valence-corrected chi connectivity index (χ0v) is 27.0. The van der Waals surface area contributed by atoms with E-state index in [1.807, 2.05) is 42.5 Å². The Morgan fingerprint density at radius 1 is 0.959 bits per heavy atom. The fourth-order valence-electron chi connectivity index (χ4n) is 6.78. The number of benzene rings is 3. The molecule has 49 heavy (non-hydrogen) atoms. The van der Waals surface area contributed by atoms with E-state index in [1.54, 1.807) is 31.5 Å². The Balaban J connectivity index is 0.000000188. The number of nitrogens with zero attached hydrogens (tertiary/aromatic N) is 3. The zero-order chi connectivity index (χ0) is 34.1. The van der Waals surface area contributed by atoms with E-state index in [4.69, 9.17) is 14.4 Å². The molecule has 0 saturated carbocycles. The number of pyridine rings is 2. The third-order valence-electron chi connectivity index (χ3n) is 8.91. The van der Waals surface area contributed by atoms with Crippen LogP contribution in [0.1, 0.15) is 68.0 Å². The van der Waals surface area contributed by atoms with Crippen LogP contribution < -0.4 is 5.43 Å². The monoisotopic (exact) mass is 645 g/mol. The molecule has 0 fully saturated rings. The van der Waals surface area contributed by atoms with Crippen LogP contribution in [0.2, 0.25) is 0 Å². The van der Waals surface area contributed by atoms with Gasteiger partial charge in [0.25, 0.3) is 0 Å². The van der Waals surface area contributed by atoms with Crippen molar-refractivity contribution in [1.29, 1.82) is 5.26 Å². The number of para-hydroxylation sites is 1. The second-order valence-electron chi connectivity index (χ2n) is 12.3. The number of carbonyl (C=O) groups excluding carboxylic acids is 2. The summed E-state index contributed by atoms with van der Waals surface area (Å²) >= 11 is 0. The molecular weight excluding hydrogens is 614 g/mol. The highest BCUT2D eigenvalue weighted by Gasteiger charge is 2.33. The molecule has 0 saturated heterocycles. The lowest BCUT2D eigenvalue weighted by atomic mass is 9.72. The van der Waals surface area contributed by atoms with Crippen LogP contribution in [0.3, 0.4) is 0 Å². The Morgan fingerprint density at radius 2 is 1.82 bits per heavy atom. The maximum Gasteiger partial charge on any atom is 0.339 e. The van der Waals surface area contributed by atoms with Crippen LogP contribution in [0, 0.1) is 18.3 Å². The van der Waals surface area contributed by atoms with Crippen molar-refractivity contribution in [3.05, 3.63) is 152 Å². The number of hydrogen-bond acceptors (Lipinski definition) is 8. The van der Waals surface area contributed by atoms with Crippen molar-refractivity contribution in [2.45, 2.75) is 39.0 Å². The van der Waals surface area contributed by atoms with Crippen molar-refractivity contribution in [2.24, 2.45) is 0 Å². The molecule has 8 nitrogen and oxygen atoms in total.